The molecule has 0 aromatic heterocycles. The summed E-state index contributed by atoms with van der Waals surface area (Å²) in [4.78, 5) is 26.3. The standard InChI is InChI=1S/C17H20N2O5/c1-2-22-16(21)17(5-6-17)18-15(20)12-9-19(12)8-11-3-4-13-14(7-11)24-10-23-13/h3-4,7,12H,2,5-6,8-10H2,1H3,(H,18,20). The fraction of sp³-hybridized carbons (Fsp3) is 0.529. The molecule has 2 atom stereocenters. The van der Waals surface area contributed by atoms with Crippen LogP contribution in [0.25, 0.3) is 0 Å². The van der Waals surface area contributed by atoms with Crippen molar-refractivity contribution in [1.29, 1.82) is 0 Å². The zero-order chi connectivity index (χ0) is 16.7. The van der Waals surface area contributed by atoms with Crippen LogP contribution in [-0.2, 0) is 20.9 Å². The number of fused-ring (bicyclic) bond motifs is 1. The molecule has 128 valence electrons. The Kier molecular flexibility index (Phi) is 3.60. The Bertz CT molecular complexity index is 686. The molecule has 1 saturated carbocycles. The molecule has 3 aliphatic rings. The van der Waals surface area contributed by atoms with Crippen LogP contribution in [0, 0.1) is 0 Å². The highest BCUT2D eigenvalue weighted by molar-refractivity contribution is 5.93. The number of nitrogens with one attached hydrogen (secondary N) is 1. The highest BCUT2D eigenvalue weighted by atomic mass is 16.7. The SMILES string of the molecule is CCOC(=O)C1(NC(=O)C2CN2Cc2ccc3c(c2)OCO3)CC1. The van der Waals surface area contributed by atoms with Crippen LogP contribution in [0.3, 0.4) is 0 Å². The lowest BCUT2D eigenvalue weighted by Gasteiger charge is -2.15. The molecule has 2 fully saturated rings. The van der Waals surface area contributed by atoms with Crippen LogP contribution in [-0.4, -0.2) is 48.3 Å². The second kappa shape index (κ2) is 5.66. The Balaban J connectivity index is 1.32. The van der Waals surface area contributed by atoms with E-state index in [1.807, 2.05) is 23.1 Å². The van der Waals surface area contributed by atoms with E-state index in [0.29, 0.717) is 32.5 Å². The number of hydrogen-bond donors (Lipinski definition) is 1. The molecule has 0 bridgehead atoms. The normalized spacial score (nSPS) is 25.0. The lowest BCUT2D eigenvalue weighted by molar-refractivity contribution is -0.148. The molecule has 4 rings (SSSR count). The van der Waals surface area contributed by atoms with Gasteiger partial charge in [-0.3, -0.25) is 9.69 Å². The molecule has 7 heteroatoms. The number of ether oxygens (including phenoxy) is 3. The van der Waals surface area contributed by atoms with E-state index in [1.165, 1.54) is 0 Å². The Morgan fingerprint density at radius 2 is 2.12 bits per heavy atom. The third-order valence-corrected chi connectivity index (χ3v) is 4.62. The summed E-state index contributed by atoms with van der Waals surface area (Å²) in [6.07, 6.45) is 1.32. The van der Waals surface area contributed by atoms with Crippen molar-refractivity contribution in [3.05, 3.63) is 23.8 Å². The summed E-state index contributed by atoms with van der Waals surface area (Å²) in [5.74, 6) is 1.08. The summed E-state index contributed by atoms with van der Waals surface area (Å²) >= 11 is 0. The van der Waals surface area contributed by atoms with Crippen LogP contribution in [0.5, 0.6) is 11.5 Å². The average Bonchev–Trinajstić information content (AvgIpc) is 3.45. The van der Waals surface area contributed by atoms with E-state index in [0.717, 1.165) is 17.1 Å². The van der Waals surface area contributed by atoms with Crippen molar-refractivity contribution in [2.45, 2.75) is 37.9 Å². The van der Waals surface area contributed by atoms with Gasteiger partial charge in [0.2, 0.25) is 12.7 Å². The largest absolute Gasteiger partial charge is 0.464 e. The first-order valence-electron chi connectivity index (χ1n) is 8.23. The summed E-state index contributed by atoms with van der Waals surface area (Å²) in [5.41, 5.74) is 0.293. The van der Waals surface area contributed by atoms with Crippen molar-refractivity contribution in [3.63, 3.8) is 0 Å². The molecule has 0 spiro atoms. The quantitative estimate of drug-likeness (QED) is 0.614. The fourth-order valence-electron chi connectivity index (χ4n) is 2.97. The topological polar surface area (TPSA) is 76.9 Å². The molecule has 1 aromatic carbocycles. The summed E-state index contributed by atoms with van der Waals surface area (Å²) in [7, 11) is 0. The van der Waals surface area contributed by atoms with Gasteiger partial charge in [-0.15, -0.1) is 0 Å². The van der Waals surface area contributed by atoms with Crippen LogP contribution in [0.1, 0.15) is 25.3 Å². The highest BCUT2D eigenvalue weighted by Crippen LogP contribution is 2.38. The number of carbonyl (C=O) groups is 2. The van der Waals surface area contributed by atoms with Crippen molar-refractivity contribution in [1.82, 2.24) is 10.2 Å². The van der Waals surface area contributed by atoms with E-state index in [2.05, 4.69) is 5.32 Å². The maximum Gasteiger partial charge on any atom is 0.331 e. The van der Waals surface area contributed by atoms with E-state index in [-0.39, 0.29) is 24.7 Å². The van der Waals surface area contributed by atoms with Crippen molar-refractivity contribution in [3.8, 4) is 11.5 Å². The summed E-state index contributed by atoms with van der Waals surface area (Å²) in [5, 5.41) is 2.87. The van der Waals surface area contributed by atoms with Crippen molar-refractivity contribution in [2.24, 2.45) is 0 Å². The number of benzene rings is 1. The van der Waals surface area contributed by atoms with Crippen LogP contribution >= 0.6 is 0 Å². The van der Waals surface area contributed by atoms with Gasteiger partial charge in [0.25, 0.3) is 0 Å². The number of hydrogen-bond acceptors (Lipinski definition) is 6. The molecule has 1 saturated heterocycles. The summed E-state index contributed by atoms with van der Waals surface area (Å²) < 4.78 is 15.7. The van der Waals surface area contributed by atoms with Crippen LogP contribution in [0.2, 0.25) is 0 Å². The Hall–Kier alpha value is -2.28. The molecular weight excluding hydrogens is 312 g/mol. The summed E-state index contributed by atoms with van der Waals surface area (Å²) in [6.45, 7) is 3.71. The third-order valence-electron chi connectivity index (χ3n) is 4.62. The molecule has 24 heavy (non-hydrogen) atoms. The molecule has 2 heterocycles. The van der Waals surface area contributed by atoms with Crippen LogP contribution < -0.4 is 14.8 Å². The minimum atomic E-state index is -0.778. The first kappa shape index (κ1) is 15.3. The molecule has 2 aliphatic heterocycles. The lowest BCUT2D eigenvalue weighted by Crippen LogP contribution is -2.46. The number of esters is 1. The minimum absolute atomic E-state index is 0.0960. The van der Waals surface area contributed by atoms with E-state index in [4.69, 9.17) is 14.2 Å². The van der Waals surface area contributed by atoms with E-state index in [1.54, 1.807) is 6.92 Å². The second-order valence-electron chi connectivity index (χ2n) is 6.42. The van der Waals surface area contributed by atoms with Crippen molar-refractivity contribution >= 4 is 11.9 Å². The maximum absolute atomic E-state index is 12.4. The van der Waals surface area contributed by atoms with Gasteiger partial charge >= 0.3 is 5.97 Å². The van der Waals surface area contributed by atoms with Gasteiger partial charge in [0, 0.05) is 13.1 Å². The molecule has 1 aromatic rings. The molecule has 7 nitrogen and oxygen atoms in total. The highest BCUT2D eigenvalue weighted by Gasteiger charge is 2.55. The third kappa shape index (κ3) is 2.80. The number of rotatable bonds is 6. The zero-order valence-electron chi connectivity index (χ0n) is 13.5. The zero-order valence-corrected chi connectivity index (χ0v) is 13.5. The van der Waals surface area contributed by atoms with Gasteiger partial charge in [0.1, 0.15) is 11.6 Å². The molecule has 2 unspecified atom stereocenters. The smallest absolute Gasteiger partial charge is 0.331 e. The van der Waals surface area contributed by atoms with E-state index in [9.17, 15) is 9.59 Å². The van der Waals surface area contributed by atoms with E-state index >= 15 is 0 Å². The van der Waals surface area contributed by atoms with Gasteiger partial charge < -0.3 is 19.5 Å². The monoisotopic (exact) mass is 332 g/mol. The van der Waals surface area contributed by atoms with Gasteiger partial charge in [-0.25, -0.2) is 4.79 Å². The molecule has 1 N–H and O–H groups in total. The Morgan fingerprint density at radius 1 is 1.33 bits per heavy atom. The van der Waals surface area contributed by atoms with Gasteiger partial charge in [-0.1, -0.05) is 6.07 Å². The van der Waals surface area contributed by atoms with Gasteiger partial charge in [0.05, 0.1) is 6.61 Å². The number of nitrogens with zero attached hydrogens (tertiary/aromatic N) is 1. The van der Waals surface area contributed by atoms with Crippen LogP contribution in [0.15, 0.2) is 18.2 Å². The average molecular weight is 332 g/mol. The predicted octanol–water partition coefficient (Wildman–Crippen LogP) is 0.811. The second-order valence-corrected chi connectivity index (χ2v) is 6.42. The first-order chi connectivity index (χ1) is 11.6. The van der Waals surface area contributed by atoms with Gasteiger partial charge in [-0.05, 0) is 37.5 Å². The lowest BCUT2D eigenvalue weighted by atomic mass is 10.2. The first-order valence-corrected chi connectivity index (χ1v) is 8.23. The molecule has 0 radical (unpaired) electrons. The Labute approximate surface area is 139 Å². The van der Waals surface area contributed by atoms with Crippen LogP contribution in [0.4, 0.5) is 0 Å². The summed E-state index contributed by atoms with van der Waals surface area (Å²) in [6, 6.07) is 5.62. The number of carbonyl (C=O) groups excluding carboxylic acids is 2. The fourth-order valence-corrected chi connectivity index (χ4v) is 2.97. The molecule has 1 amide bonds. The Morgan fingerprint density at radius 3 is 2.88 bits per heavy atom. The predicted molar refractivity (Wildman–Crippen MR) is 83.5 cm³/mol. The molecule has 1 aliphatic carbocycles. The molecular formula is C17H20N2O5. The minimum Gasteiger partial charge on any atom is -0.464 e. The van der Waals surface area contributed by atoms with Gasteiger partial charge in [0.15, 0.2) is 11.5 Å². The number of amides is 1. The van der Waals surface area contributed by atoms with Crippen molar-refractivity contribution < 1.29 is 23.8 Å². The van der Waals surface area contributed by atoms with Crippen molar-refractivity contribution in [2.75, 3.05) is 19.9 Å². The maximum atomic E-state index is 12.4. The van der Waals surface area contributed by atoms with E-state index < -0.39 is 5.54 Å². The van der Waals surface area contributed by atoms with Gasteiger partial charge in [-0.2, -0.15) is 0 Å².